The van der Waals surface area contributed by atoms with Gasteiger partial charge in [-0.15, -0.1) is 0 Å². The van der Waals surface area contributed by atoms with Crippen LogP contribution in [0.4, 0.5) is 23.2 Å². The smallest absolute Gasteiger partial charge is 0.371 e. The fourth-order valence-electron chi connectivity index (χ4n) is 5.00. The summed E-state index contributed by atoms with van der Waals surface area (Å²) in [5, 5.41) is 4.21. The summed E-state index contributed by atoms with van der Waals surface area (Å²) in [7, 11) is 1.77. The number of benzene rings is 2. The van der Waals surface area contributed by atoms with Crippen molar-refractivity contribution in [3.8, 4) is 0 Å². The number of anilines is 1. The van der Waals surface area contributed by atoms with E-state index in [4.69, 9.17) is 11.6 Å². The van der Waals surface area contributed by atoms with Crippen LogP contribution in [0.3, 0.4) is 0 Å². The predicted octanol–water partition coefficient (Wildman–Crippen LogP) is 6.70. The van der Waals surface area contributed by atoms with Gasteiger partial charge in [-0.1, -0.05) is 17.7 Å². The summed E-state index contributed by atoms with van der Waals surface area (Å²) in [5.41, 5.74) is 0.487. The van der Waals surface area contributed by atoms with Crippen LogP contribution >= 0.6 is 11.6 Å². The van der Waals surface area contributed by atoms with E-state index in [0.717, 1.165) is 6.07 Å². The maximum Gasteiger partial charge on any atom is 0.433 e. The van der Waals surface area contributed by atoms with Crippen molar-refractivity contribution in [1.82, 2.24) is 15.3 Å². The normalized spacial score (nSPS) is 18.5. The van der Waals surface area contributed by atoms with Gasteiger partial charge in [-0.25, -0.2) is 9.37 Å². The third kappa shape index (κ3) is 4.59. The predicted molar refractivity (Wildman–Crippen MR) is 132 cm³/mol. The molecular formula is C26H23ClF4N4O. The van der Waals surface area contributed by atoms with Crippen LogP contribution in [-0.2, 0) is 6.18 Å². The van der Waals surface area contributed by atoms with Crippen LogP contribution < -0.4 is 10.2 Å². The molecule has 4 aromatic rings. The molecule has 0 unspecified atom stereocenters. The highest BCUT2D eigenvalue weighted by atomic mass is 35.5. The van der Waals surface area contributed by atoms with Crippen molar-refractivity contribution in [2.24, 2.45) is 0 Å². The average Bonchev–Trinajstić information content (AvgIpc) is 3.29. The first-order valence-electron chi connectivity index (χ1n) is 11.6. The number of carbonyl (C=O) groups is 1. The molecule has 0 bridgehead atoms. The number of alkyl halides is 3. The largest absolute Gasteiger partial charge is 0.433 e. The number of nitrogens with one attached hydrogen (secondary N) is 2. The molecule has 1 amide bonds. The zero-order valence-electron chi connectivity index (χ0n) is 19.3. The third-order valence-corrected chi connectivity index (χ3v) is 7.13. The average molecular weight is 519 g/mol. The van der Waals surface area contributed by atoms with Gasteiger partial charge in [0.25, 0.3) is 5.91 Å². The highest BCUT2D eigenvalue weighted by molar-refractivity contribution is 6.31. The van der Waals surface area contributed by atoms with Crippen LogP contribution in [0.15, 0.2) is 48.7 Å². The Hall–Kier alpha value is -3.33. The van der Waals surface area contributed by atoms with E-state index < -0.39 is 17.7 Å². The summed E-state index contributed by atoms with van der Waals surface area (Å²) in [4.78, 5) is 21.4. The van der Waals surface area contributed by atoms with E-state index in [9.17, 15) is 22.4 Å². The van der Waals surface area contributed by atoms with E-state index in [2.05, 4.69) is 15.3 Å². The summed E-state index contributed by atoms with van der Waals surface area (Å²) in [6, 6.07) is 10.1. The zero-order valence-corrected chi connectivity index (χ0v) is 20.1. The second kappa shape index (κ2) is 9.28. The Kier molecular flexibility index (Phi) is 6.28. The van der Waals surface area contributed by atoms with Gasteiger partial charge in [0.2, 0.25) is 0 Å². The molecular weight excluding hydrogens is 496 g/mol. The molecule has 2 heterocycles. The second-order valence-electron chi connectivity index (χ2n) is 9.14. The Morgan fingerprint density at radius 2 is 1.89 bits per heavy atom. The summed E-state index contributed by atoms with van der Waals surface area (Å²) in [5.74, 6) is -0.820. The van der Waals surface area contributed by atoms with E-state index >= 15 is 0 Å². The molecule has 36 heavy (non-hydrogen) atoms. The molecule has 1 aliphatic rings. The molecule has 188 valence electrons. The number of H-pyrrole nitrogens is 1. The number of amides is 1. The van der Waals surface area contributed by atoms with Crippen molar-refractivity contribution in [3.05, 3.63) is 70.8 Å². The summed E-state index contributed by atoms with van der Waals surface area (Å²) in [6.07, 6.45) is -0.471. The molecule has 0 saturated heterocycles. The molecule has 1 aliphatic carbocycles. The molecule has 5 nitrogen and oxygen atoms in total. The number of carbonyl (C=O) groups excluding carboxylic acids is 1. The lowest BCUT2D eigenvalue weighted by molar-refractivity contribution is -0.140. The maximum absolute atomic E-state index is 14.3. The minimum absolute atomic E-state index is 0.0330. The molecule has 0 radical (unpaired) electrons. The maximum atomic E-state index is 14.3. The Labute approximate surface area is 209 Å². The van der Waals surface area contributed by atoms with Gasteiger partial charge in [0.1, 0.15) is 11.5 Å². The first kappa shape index (κ1) is 24.4. The Bertz CT molecular complexity index is 1440. The van der Waals surface area contributed by atoms with Crippen LogP contribution in [0.5, 0.6) is 0 Å². The number of pyridine rings is 1. The fraction of sp³-hybridized carbons (Fsp3) is 0.308. The zero-order chi connectivity index (χ0) is 25.6. The van der Waals surface area contributed by atoms with Gasteiger partial charge >= 0.3 is 6.18 Å². The Morgan fingerprint density at radius 3 is 2.61 bits per heavy atom. The fourth-order valence-corrected chi connectivity index (χ4v) is 5.18. The number of fused-ring (bicyclic) bond motifs is 2. The molecule has 0 atom stereocenters. The minimum Gasteiger partial charge on any atom is -0.371 e. The number of hydrogen-bond acceptors (Lipinski definition) is 3. The lowest BCUT2D eigenvalue weighted by Gasteiger charge is -2.37. The van der Waals surface area contributed by atoms with Crippen molar-refractivity contribution in [3.63, 3.8) is 0 Å². The van der Waals surface area contributed by atoms with Gasteiger partial charge in [-0.05, 0) is 62.1 Å². The SMILES string of the molecule is CN(c1cc(C(F)(F)F)nc2ccc(Cl)cc12)C1CCC(NC(=O)c2c[nH]c3cccc(F)c23)CC1. The van der Waals surface area contributed by atoms with Crippen LogP contribution in [0, 0.1) is 5.82 Å². The number of hydrogen-bond donors (Lipinski definition) is 2. The van der Waals surface area contributed by atoms with Crippen LogP contribution in [0.1, 0.15) is 41.7 Å². The molecule has 2 aromatic carbocycles. The summed E-state index contributed by atoms with van der Waals surface area (Å²) in [6.45, 7) is 0. The number of aromatic nitrogens is 2. The molecule has 10 heteroatoms. The van der Waals surface area contributed by atoms with Crippen LogP contribution in [-0.4, -0.2) is 35.0 Å². The lowest BCUT2D eigenvalue weighted by Crippen LogP contribution is -2.43. The van der Waals surface area contributed by atoms with Gasteiger partial charge in [0.15, 0.2) is 0 Å². The number of rotatable bonds is 4. The van der Waals surface area contributed by atoms with E-state index in [1.807, 2.05) is 4.90 Å². The van der Waals surface area contributed by atoms with Crippen LogP contribution in [0.25, 0.3) is 21.8 Å². The van der Waals surface area contributed by atoms with Crippen molar-refractivity contribution < 1.29 is 22.4 Å². The first-order chi connectivity index (χ1) is 17.1. The topological polar surface area (TPSA) is 61.0 Å². The third-order valence-electron chi connectivity index (χ3n) is 6.90. The highest BCUT2D eigenvalue weighted by Gasteiger charge is 2.35. The van der Waals surface area contributed by atoms with Crippen molar-refractivity contribution >= 4 is 45.0 Å². The van der Waals surface area contributed by atoms with Crippen LogP contribution in [0.2, 0.25) is 5.02 Å². The number of aromatic amines is 1. The molecule has 0 aliphatic heterocycles. The second-order valence-corrected chi connectivity index (χ2v) is 9.58. The summed E-state index contributed by atoms with van der Waals surface area (Å²) >= 11 is 6.13. The lowest BCUT2D eigenvalue weighted by atomic mass is 9.89. The number of halogens is 5. The molecule has 2 N–H and O–H groups in total. The van der Waals surface area contributed by atoms with E-state index in [0.29, 0.717) is 47.3 Å². The van der Waals surface area contributed by atoms with Crippen molar-refractivity contribution in [2.45, 2.75) is 43.9 Å². The van der Waals surface area contributed by atoms with Gasteiger partial charge in [0, 0.05) is 52.3 Å². The monoisotopic (exact) mass is 518 g/mol. The van der Waals surface area contributed by atoms with E-state index in [1.54, 1.807) is 25.2 Å². The summed E-state index contributed by atoms with van der Waals surface area (Å²) < 4.78 is 54.8. The van der Waals surface area contributed by atoms with Gasteiger partial charge in [-0.2, -0.15) is 13.2 Å². The van der Waals surface area contributed by atoms with Crippen molar-refractivity contribution in [2.75, 3.05) is 11.9 Å². The van der Waals surface area contributed by atoms with Gasteiger partial charge < -0.3 is 15.2 Å². The molecule has 5 rings (SSSR count). The van der Waals surface area contributed by atoms with Gasteiger partial charge in [0.05, 0.1) is 11.1 Å². The minimum atomic E-state index is -4.58. The van der Waals surface area contributed by atoms with Crippen molar-refractivity contribution in [1.29, 1.82) is 0 Å². The highest BCUT2D eigenvalue weighted by Crippen LogP contribution is 2.37. The Balaban J connectivity index is 1.32. The molecule has 1 saturated carbocycles. The standard InChI is InChI=1S/C26H23ClF4N4O/c1-35(22-12-23(26(29,30)31)34-20-10-5-14(27)11-17(20)22)16-8-6-15(7-9-16)33-25(36)18-13-32-21-4-2-3-19(28)24(18)21/h2-5,10-13,15-16,32H,6-9H2,1H3,(H,33,36). The quantitative estimate of drug-likeness (QED) is 0.295. The first-order valence-corrected chi connectivity index (χ1v) is 12.0. The van der Waals surface area contributed by atoms with E-state index in [-0.39, 0.29) is 34.5 Å². The molecule has 1 fully saturated rings. The number of nitrogens with zero attached hydrogens (tertiary/aromatic N) is 2. The Morgan fingerprint density at radius 1 is 1.14 bits per heavy atom. The van der Waals surface area contributed by atoms with Gasteiger partial charge in [-0.3, -0.25) is 4.79 Å². The van der Waals surface area contributed by atoms with E-state index in [1.165, 1.54) is 24.4 Å². The molecule has 2 aromatic heterocycles. The molecule has 0 spiro atoms.